The van der Waals surface area contributed by atoms with Crippen LogP contribution in [0.15, 0.2) is 35.1 Å². The summed E-state index contributed by atoms with van der Waals surface area (Å²) in [5, 5.41) is 4.32. The van der Waals surface area contributed by atoms with Crippen molar-refractivity contribution in [3.8, 4) is 0 Å². The number of hydrogen-bond acceptors (Lipinski definition) is 5. The largest absolute Gasteiger partial charge is 0.468 e. The first-order chi connectivity index (χ1) is 10.5. The molecule has 0 amide bonds. The molecule has 22 heavy (non-hydrogen) atoms. The molecular weight excluding hydrogens is 304 g/mol. The fraction of sp³-hybridized carbons (Fsp3) is 0.500. The van der Waals surface area contributed by atoms with Crippen molar-refractivity contribution in [2.24, 2.45) is 0 Å². The Bertz CT molecular complexity index is 708. The molecule has 2 aromatic rings. The molecule has 1 aliphatic heterocycles. The van der Waals surface area contributed by atoms with E-state index in [1.165, 1.54) is 6.26 Å². The van der Waals surface area contributed by atoms with Crippen LogP contribution in [-0.2, 0) is 29.7 Å². The van der Waals surface area contributed by atoms with Crippen molar-refractivity contribution in [3.05, 3.63) is 42.1 Å². The second kappa shape index (κ2) is 6.23. The van der Waals surface area contributed by atoms with Gasteiger partial charge in [-0.2, -0.15) is 5.10 Å². The summed E-state index contributed by atoms with van der Waals surface area (Å²) in [5.74, 6) is 0.873. The normalized spacial score (nSPS) is 19.8. The molecule has 0 aliphatic carbocycles. The second-order valence-corrected chi connectivity index (χ2v) is 7.43. The lowest BCUT2D eigenvalue weighted by Gasteiger charge is -2.28. The van der Waals surface area contributed by atoms with Crippen molar-refractivity contribution in [2.75, 3.05) is 12.8 Å². The van der Waals surface area contributed by atoms with Crippen molar-refractivity contribution in [1.29, 1.82) is 0 Å². The van der Waals surface area contributed by atoms with Gasteiger partial charge in [-0.25, -0.2) is 13.1 Å². The Balaban J connectivity index is 1.77. The summed E-state index contributed by atoms with van der Waals surface area (Å²) >= 11 is 0. The van der Waals surface area contributed by atoms with Crippen molar-refractivity contribution in [3.63, 3.8) is 0 Å². The average Bonchev–Trinajstić information content (AvgIpc) is 3.07. The zero-order valence-corrected chi connectivity index (χ0v) is 13.3. The predicted octanol–water partition coefficient (Wildman–Crippen LogP) is 0.800. The molecule has 1 atom stereocenters. The van der Waals surface area contributed by atoms with Gasteiger partial charge in [-0.15, -0.1) is 0 Å². The topological polar surface area (TPSA) is 80.4 Å². The molecule has 2 aromatic heterocycles. The van der Waals surface area contributed by atoms with E-state index in [-0.39, 0.29) is 6.04 Å². The molecular formula is C14H20N4O3S. The molecule has 0 unspecified atom stereocenters. The lowest BCUT2D eigenvalue weighted by atomic mass is 10.1. The molecule has 120 valence electrons. The van der Waals surface area contributed by atoms with Crippen LogP contribution in [0, 0.1) is 0 Å². The number of nitrogens with zero attached hydrogens (tertiary/aromatic N) is 3. The first kappa shape index (κ1) is 15.3. The van der Waals surface area contributed by atoms with Crippen LogP contribution < -0.4 is 4.72 Å². The van der Waals surface area contributed by atoms with E-state index in [9.17, 15) is 8.42 Å². The fourth-order valence-corrected chi connectivity index (χ4v) is 3.25. The highest BCUT2D eigenvalue weighted by Crippen LogP contribution is 2.19. The minimum atomic E-state index is -3.20. The van der Waals surface area contributed by atoms with Gasteiger partial charge in [0.05, 0.1) is 24.8 Å². The van der Waals surface area contributed by atoms with Gasteiger partial charge in [0.1, 0.15) is 5.76 Å². The Kier molecular flexibility index (Phi) is 4.32. The summed E-state index contributed by atoms with van der Waals surface area (Å²) in [6.07, 6.45) is 5.47. The monoisotopic (exact) mass is 324 g/mol. The molecule has 0 aromatic carbocycles. The number of furan rings is 1. The van der Waals surface area contributed by atoms with E-state index in [1.807, 2.05) is 22.9 Å². The molecule has 0 fully saturated rings. The molecule has 0 saturated carbocycles. The highest BCUT2D eigenvalue weighted by atomic mass is 32.2. The van der Waals surface area contributed by atoms with E-state index in [0.29, 0.717) is 13.1 Å². The van der Waals surface area contributed by atoms with Gasteiger partial charge in [0.2, 0.25) is 10.0 Å². The standard InChI is InChI=1S/C14H20N4O3S/c1-22(19,20)16-9-12-5-7-18-13(4-6-15-18)10-17(12)11-14-3-2-8-21-14/h2-4,6,8,12,16H,5,7,9-11H2,1H3/t12-/m0/s1. The van der Waals surface area contributed by atoms with E-state index in [2.05, 4.69) is 14.7 Å². The Morgan fingerprint density at radius 3 is 3.05 bits per heavy atom. The number of rotatable bonds is 5. The van der Waals surface area contributed by atoms with E-state index in [4.69, 9.17) is 4.42 Å². The molecule has 0 saturated heterocycles. The van der Waals surface area contributed by atoms with Gasteiger partial charge < -0.3 is 4.42 Å². The number of sulfonamides is 1. The maximum atomic E-state index is 11.4. The molecule has 0 radical (unpaired) electrons. The first-order valence-corrected chi connectivity index (χ1v) is 9.12. The van der Waals surface area contributed by atoms with Crippen LogP contribution in [0.4, 0.5) is 0 Å². The van der Waals surface area contributed by atoms with E-state index in [0.717, 1.165) is 31.0 Å². The van der Waals surface area contributed by atoms with Gasteiger partial charge in [0.15, 0.2) is 0 Å². The lowest BCUT2D eigenvalue weighted by molar-refractivity contribution is 0.163. The van der Waals surface area contributed by atoms with Gasteiger partial charge in [0.25, 0.3) is 0 Å². The van der Waals surface area contributed by atoms with Gasteiger partial charge in [0, 0.05) is 31.9 Å². The summed E-state index contributed by atoms with van der Waals surface area (Å²) in [6, 6.07) is 5.90. The lowest BCUT2D eigenvalue weighted by Crippen LogP contribution is -2.42. The first-order valence-electron chi connectivity index (χ1n) is 7.23. The van der Waals surface area contributed by atoms with Crippen molar-refractivity contribution < 1.29 is 12.8 Å². The zero-order valence-electron chi connectivity index (χ0n) is 12.5. The molecule has 0 spiro atoms. The molecule has 7 nitrogen and oxygen atoms in total. The number of aromatic nitrogens is 2. The van der Waals surface area contributed by atoms with E-state index >= 15 is 0 Å². The Morgan fingerprint density at radius 1 is 1.45 bits per heavy atom. The van der Waals surface area contributed by atoms with Gasteiger partial charge in [-0.1, -0.05) is 0 Å². The maximum Gasteiger partial charge on any atom is 0.208 e. The van der Waals surface area contributed by atoms with Gasteiger partial charge >= 0.3 is 0 Å². The number of fused-ring (bicyclic) bond motifs is 1. The van der Waals surface area contributed by atoms with Crippen LogP contribution in [0.2, 0.25) is 0 Å². The van der Waals surface area contributed by atoms with Crippen LogP contribution in [-0.4, -0.2) is 41.9 Å². The summed E-state index contributed by atoms with van der Waals surface area (Å²) in [5.41, 5.74) is 1.13. The third-order valence-electron chi connectivity index (χ3n) is 3.88. The molecule has 3 rings (SSSR count). The Hall–Kier alpha value is -1.64. The molecule has 8 heteroatoms. The highest BCUT2D eigenvalue weighted by molar-refractivity contribution is 7.88. The molecule has 1 N–H and O–H groups in total. The summed E-state index contributed by atoms with van der Waals surface area (Å²) in [4.78, 5) is 2.23. The van der Waals surface area contributed by atoms with Crippen LogP contribution in [0.5, 0.6) is 0 Å². The van der Waals surface area contributed by atoms with Gasteiger partial charge in [-0.3, -0.25) is 9.58 Å². The van der Waals surface area contributed by atoms with Crippen molar-refractivity contribution in [1.82, 2.24) is 19.4 Å². The minimum absolute atomic E-state index is 0.0986. The average molecular weight is 324 g/mol. The number of aryl methyl sites for hydroxylation is 1. The van der Waals surface area contributed by atoms with Crippen molar-refractivity contribution in [2.45, 2.75) is 32.1 Å². The minimum Gasteiger partial charge on any atom is -0.468 e. The second-order valence-electron chi connectivity index (χ2n) is 5.59. The maximum absolute atomic E-state index is 11.4. The van der Waals surface area contributed by atoms with E-state index < -0.39 is 10.0 Å². The SMILES string of the molecule is CS(=O)(=O)NC[C@@H]1CCn2nccc2CN1Cc1ccco1. The summed E-state index contributed by atoms with van der Waals surface area (Å²) < 4.78 is 32.8. The van der Waals surface area contributed by atoms with E-state index in [1.54, 1.807) is 12.5 Å². The molecule has 0 bridgehead atoms. The zero-order chi connectivity index (χ0) is 15.6. The molecule has 1 aliphatic rings. The van der Waals surface area contributed by atoms with Gasteiger partial charge in [-0.05, 0) is 24.6 Å². The molecule has 3 heterocycles. The highest BCUT2D eigenvalue weighted by Gasteiger charge is 2.25. The third kappa shape index (κ3) is 3.76. The summed E-state index contributed by atoms with van der Waals surface area (Å²) in [6.45, 7) is 2.54. The predicted molar refractivity (Wildman–Crippen MR) is 81.4 cm³/mol. The van der Waals surface area contributed by atoms with Crippen LogP contribution in [0.1, 0.15) is 17.9 Å². The smallest absolute Gasteiger partial charge is 0.208 e. The van der Waals surface area contributed by atoms with Crippen molar-refractivity contribution >= 4 is 10.0 Å². The fourth-order valence-electron chi connectivity index (χ4n) is 2.75. The van der Waals surface area contributed by atoms with Crippen LogP contribution >= 0.6 is 0 Å². The Morgan fingerprint density at radius 2 is 2.32 bits per heavy atom. The quantitative estimate of drug-likeness (QED) is 0.880. The number of nitrogens with one attached hydrogen (secondary N) is 1. The Labute approximate surface area is 130 Å². The van der Waals surface area contributed by atoms with Crippen LogP contribution in [0.25, 0.3) is 0 Å². The third-order valence-corrected chi connectivity index (χ3v) is 4.57. The number of hydrogen-bond donors (Lipinski definition) is 1. The van der Waals surface area contributed by atoms with Crippen LogP contribution in [0.3, 0.4) is 0 Å². The summed E-state index contributed by atoms with van der Waals surface area (Å²) in [7, 11) is -3.20.